The molecule has 3 aromatic rings. The van der Waals surface area contributed by atoms with Crippen LogP contribution in [0.15, 0.2) is 35.5 Å². The number of ether oxygens (including phenoxy) is 1. The molecule has 1 N–H and O–H groups in total. The van der Waals surface area contributed by atoms with Gasteiger partial charge in [-0.1, -0.05) is 12.1 Å². The smallest absolute Gasteiger partial charge is 0.381 e. The van der Waals surface area contributed by atoms with E-state index in [2.05, 4.69) is 16.0 Å². The van der Waals surface area contributed by atoms with Crippen LogP contribution in [0.2, 0.25) is 0 Å². The van der Waals surface area contributed by atoms with E-state index >= 15 is 0 Å². The Morgan fingerprint density at radius 3 is 2.79 bits per heavy atom. The highest BCUT2D eigenvalue weighted by atomic mass is 19.4. The summed E-state index contributed by atoms with van der Waals surface area (Å²) in [6, 6.07) is 5.81. The van der Waals surface area contributed by atoms with E-state index in [1.165, 1.54) is 13.0 Å². The number of nitrogens with zero attached hydrogens (tertiary/aromatic N) is 4. The molecule has 9 heteroatoms. The molecule has 0 spiro atoms. The van der Waals surface area contributed by atoms with Gasteiger partial charge in [0, 0.05) is 43.3 Å². The van der Waals surface area contributed by atoms with Crippen LogP contribution in [-0.2, 0) is 17.5 Å². The molecule has 174 valence electrons. The first-order chi connectivity index (χ1) is 15.8. The minimum Gasteiger partial charge on any atom is -0.381 e. The molecule has 5 rings (SSSR count). The van der Waals surface area contributed by atoms with Crippen molar-refractivity contribution in [2.75, 3.05) is 25.1 Å². The van der Waals surface area contributed by atoms with E-state index in [0.29, 0.717) is 36.1 Å². The number of rotatable bonds is 3. The van der Waals surface area contributed by atoms with Gasteiger partial charge in [0.25, 0.3) is 0 Å². The highest BCUT2D eigenvalue weighted by Gasteiger charge is 2.33. The van der Waals surface area contributed by atoms with E-state index < -0.39 is 17.8 Å². The molecule has 4 heterocycles. The molecular weight excluding hydrogens is 431 g/mol. The van der Waals surface area contributed by atoms with Gasteiger partial charge in [0.15, 0.2) is 5.49 Å². The summed E-state index contributed by atoms with van der Waals surface area (Å²) in [5.41, 5.74) is 2.54. The van der Waals surface area contributed by atoms with Gasteiger partial charge in [0.1, 0.15) is 0 Å². The Bertz CT molecular complexity index is 1260. The molecule has 0 radical (unpaired) electrons. The first-order valence-electron chi connectivity index (χ1n) is 11.3. The van der Waals surface area contributed by atoms with Crippen LogP contribution in [0.5, 0.6) is 0 Å². The van der Waals surface area contributed by atoms with E-state index in [4.69, 9.17) is 19.7 Å². The van der Waals surface area contributed by atoms with E-state index in [1.807, 2.05) is 13.1 Å². The van der Waals surface area contributed by atoms with Gasteiger partial charge in [-0.3, -0.25) is 9.98 Å². The summed E-state index contributed by atoms with van der Waals surface area (Å²) in [7, 11) is 0. The largest absolute Gasteiger partial charge is 0.416 e. The Morgan fingerprint density at radius 1 is 1.24 bits per heavy atom. The molecule has 0 amide bonds. The summed E-state index contributed by atoms with van der Waals surface area (Å²) in [4.78, 5) is 14.3. The third-order valence-electron chi connectivity index (χ3n) is 6.61. The van der Waals surface area contributed by atoms with Crippen molar-refractivity contribution in [2.45, 2.75) is 51.4 Å². The summed E-state index contributed by atoms with van der Waals surface area (Å²) in [5, 5.41) is 4.13. The third-order valence-corrected chi connectivity index (χ3v) is 6.61. The third kappa shape index (κ3) is 4.10. The van der Waals surface area contributed by atoms with Gasteiger partial charge in [0.2, 0.25) is 5.95 Å². The molecule has 0 saturated carbocycles. The molecule has 0 bridgehead atoms. The van der Waals surface area contributed by atoms with Crippen molar-refractivity contribution in [2.24, 2.45) is 4.99 Å². The summed E-state index contributed by atoms with van der Waals surface area (Å²) >= 11 is 0. The van der Waals surface area contributed by atoms with E-state index in [1.54, 1.807) is 6.07 Å². The number of halogens is 3. The van der Waals surface area contributed by atoms with Gasteiger partial charge in [-0.05, 0) is 49.9 Å². The molecule has 1 aromatic carbocycles. The van der Waals surface area contributed by atoms with Gasteiger partial charge in [-0.15, -0.1) is 0 Å². The van der Waals surface area contributed by atoms with E-state index in [9.17, 15) is 13.2 Å². The van der Waals surface area contributed by atoms with Crippen LogP contribution in [0.3, 0.4) is 0 Å². The summed E-state index contributed by atoms with van der Waals surface area (Å²) < 4.78 is 47.9. The number of pyridine rings is 1. The molecule has 33 heavy (non-hydrogen) atoms. The maximum atomic E-state index is 13.4. The molecule has 1 unspecified atom stereocenters. The summed E-state index contributed by atoms with van der Waals surface area (Å²) in [6.07, 6.45) is -0.698. The number of fused-ring (bicyclic) bond motifs is 3. The first-order valence-corrected chi connectivity index (χ1v) is 11.3. The SMILES string of the molecule is Cc1c(C(C)N=c2nc3n(c4cnc(C5CCOCC5)cc24)CCN3)cccc1C(F)(F)F. The average molecular weight is 458 g/mol. The minimum atomic E-state index is -4.40. The minimum absolute atomic E-state index is 0.198. The van der Waals surface area contributed by atoms with Crippen LogP contribution < -0.4 is 10.8 Å². The number of anilines is 1. The number of nitrogens with one attached hydrogen (secondary N) is 1. The van der Waals surface area contributed by atoms with Crippen LogP contribution in [0.25, 0.3) is 10.9 Å². The topological polar surface area (TPSA) is 64.3 Å². The van der Waals surface area contributed by atoms with Crippen molar-refractivity contribution in [3.63, 3.8) is 0 Å². The van der Waals surface area contributed by atoms with Crippen molar-refractivity contribution in [1.82, 2.24) is 14.5 Å². The fourth-order valence-electron chi connectivity index (χ4n) is 4.82. The summed E-state index contributed by atoms with van der Waals surface area (Å²) in [6.45, 7) is 6.28. The molecule has 2 aliphatic rings. The monoisotopic (exact) mass is 457 g/mol. The average Bonchev–Trinajstić information content (AvgIpc) is 3.27. The van der Waals surface area contributed by atoms with Gasteiger partial charge in [0.05, 0.1) is 23.3 Å². The van der Waals surface area contributed by atoms with Crippen LogP contribution >= 0.6 is 0 Å². The molecule has 0 aliphatic carbocycles. The molecule has 6 nitrogen and oxygen atoms in total. The fraction of sp³-hybridized carbons (Fsp3) is 0.458. The van der Waals surface area contributed by atoms with Gasteiger partial charge in [-0.25, -0.2) is 0 Å². The maximum Gasteiger partial charge on any atom is 0.416 e. The lowest BCUT2D eigenvalue weighted by atomic mass is 9.95. The quantitative estimate of drug-likeness (QED) is 0.617. The molecular formula is C24H26F3N5O. The highest BCUT2D eigenvalue weighted by molar-refractivity contribution is 5.79. The lowest BCUT2D eigenvalue weighted by Gasteiger charge is -2.22. The van der Waals surface area contributed by atoms with E-state index in [-0.39, 0.29) is 5.56 Å². The molecule has 2 aliphatic heterocycles. The second kappa shape index (κ2) is 8.44. The zero-order chi connectivity index (χ0) is 23.2. The zero-order valence-corrected chi connectivity index (χ0v) is 18.6. The predicted octanol–water partition coefficient (Wildman–Crippen LogP) is 4.74. The normalized spacial score (nSPS) is 18.4. The summed E-state index contributed by atoms with van der Waals surface area (Å²) in [5.74, 6) is 1.02. The van der Waals surface area contributed by atoms with Crippen molar-refractivity contribution >= 4 is 16.9 Å². The van der Waals surface area contributed by atoms with Crippen LogP contribution in [-0.4, -0.2) is 34.3 Å². The fourth-order valence-corrected chi connectivity index (χ4v) is 4.82. The first kappa shape index (κ1) is 21.9. The zero-order valence-electron chi connectivity index (χ0n) is 18.6. The Kier molecular flexibility index (Phi) is 5.60. The molecule has 1 saturated heterocycles. The number of benzene rings is 1. The number of aromatic nitrogens is 3. The lowest BCUT2D eigenvalue weighted by Crippen LogP contribution is -2.19. The number of hydrogen-bond donors (Lipinski definition) is 1. The van der Waals surface area contributed by atoms with Crippen LogP contribution in [0, 0.1) is 6.92 Å². The van der Waals surface area contributed by atoms with Crippen LogP contribution in [0.4, 0.5) is 19.1 Å². The standard InChI is InChI=1S/C24H26F3N5O/c1-14-17(4-3-5-19(14)24(25,26)27)15(2)30-22-18-12-20(16-6-10-33-11-7-16)29-13-21(18)32-9-8-28-23(32)31-22/h3-5,12-13,15-16H,6-11H2,1-2H3,(H,28,30,31). The molecule has 1 atom stereocenters. The van der Waals surface area contributed by atoms with E-state index in [0.717, 1.165) is 48.6 Å². The lowest BCUT2D eigenvalue weighted by molar-refractivity contribution is -0.138. The molecule has 1 fully saturated rings. The Hall–Kier alpha value is -2.94. The van der Waals surface area contributed by atoms with Crippen molar-refractivity contribution < 1.29 is 17.9 Å². The van der Waals surface area contributed by atoms with Crippen molar-refractivity contribution in [1.29, 1.82) is 0 Å². The number of alkyl halides is 3. The van der Waals surface area contributed by atoms with Crippen molar-refractivity contribution in [3.05, 3.63) is 58.3 Å². The molecule has 2 aromatic heterocycles. The Morgan fingerprint density at radius 2 is 2.03 bits per heavy atom. The van der Waals surface area contributed by atoms with Crippen LogP contribution in [0.1, 0.15) is 54.1 Å². The Balaban J connectivity index is 1.65. The van der Waals surface area contributed by atoms with Gasteiger partial charge in [-0.2, -0.15) is 18.2 Å². The van der Waals surface area contributed by atoms with Gasteiger partial charge >= 0.3 is 6.18 Å². The van der Waals surface area contributed by atoms with Crippen molar-refractivity contribution in [3.8, 4) is 0 Å². The second-order valence-electron chi connectivity index (χ2n) is 8.67. The maximum absolute atomic E-state index is 13.4. The Labute approximate surface area is 189 Å². The van der Waals surface area contributed by atoms with Gasteiger partial charge < -0.3 is 14.6 Å². The number of hydrogen-bond acceptors (Lipinski definition) is 5. The highest BCUT2D eigenvalue weighted by Crippen LogP contribution is 2.35. The predicted molar refractivity (Wildman–Crippen MR) is 119 cm³/mol. The second-order valence-corrected chi connectivity index (χ2v) is 8.67.